The van der Waals surface area contributed by atoms with Crippen molar-refractivity contribution in [3.63, 3.8) is 0 Å². The van der Waals surface area contributed by atoms with E-state index in [0.717, 1.165) is 5.56 Å². The van der Waals surface area contributed by atoms with Gasteiger partial charge in [0.1, 0.15) is 5.76 Å². The third-order valence-electron chi connectivity index (χ3n) is 2.65. The third-order valence-corrected chi connectivity index (χ3v) is 2.89. The number of amides is 1. The van der Waals surface area contributed by atoms with Crippen LogP contribution in [0.2, 0.25) is 5.02 Å². The first-order valence-corrected chi connectivity index (χ1v) is 6.57. The highest BCUT2D eigenvalue weighted by molar-refractivity contribution is 6.30. The predicted octanol–water partition coefficient (Wildman–Crippen LogP) is 2.71. The summed E-state index contributed by atoms with van der Waals surface area (Å²) in [5.41, 5.74) is 1.06. The fourth-order valence-electron chi connectivity index (χ4n) is 1.86. The number of hydrogen-bond acceptors (Lipinski definition) is 4. The molecule has 1 amide bonds. The molecule has 106 valence electrons. The van der Waals surface area contributed by atoms with Crippen LogP contribution in [0, 0.1) is 6.92 Å². The van der Waals surface area contributed by atoms with E-state index in [-0.39, 0.29) is 12.5 Å². The zero-order valence-electron chi connectivity index (χ0n) is 11.4. The summed E-state index contributed by atoms with van der Waals surface area (Å²) in [5.74, 6) is 0.957. The van der Waals surface area contributed by atoms with Gasteiger partial charge in [-0.2, -0.15) is 0 Å². The Balaban J connectivity index is 1.84. The van der Waals surface area contributed by atoms with E-state index in [1.165, 1.54) is 0 Å². The summed E-state index contributed by atoms with van der Waals surface area (Å²) in [7, 11) is 1.87. The topological polar surface area (TPSA) is 58.4 Å². The number of benzene rings is 1. The van der Waals surface area contributed by atoms with Crippen molar-refractivity contribution in [3.05, 3.63) is 46.7 Å². The van der Waals surface area contributed by atoms with Crippen LogP contribution >= 0.6 is 11.6 Å². The summed E-state index contributed by atoms with van der Waals surface area (Å²) in [6, 6.07) is 9.25. The second kappa shape index (κ2) is 6.54. The molecular formula is C14H16ClN3O2. The maximum absolute atomic E-state index is 11.8. The Morgan fingerprint density at radius 2 is 2.25 bits per heavy atom. The zero-order valence-corrected chi connectivity index (χ0v) is 12.1. The van der Waals surface area contributed by atoms with Gasteiger partial charge in [-0.05, 0) is 31.7 Å². The number of nitrogens with one attached hydrogen (secondary N) is 1. The number of aryl methyl sites for hydroxylation is 1. The SMILES string of the molecule is Cc1cc(NC(=O)CN(C)Cc2cccc(Cl)c2)no1. The Bertz CT molecular complexity index is 598. The van der Waals surface area contributed by atoms with Gasteiger partial charge in [0.25, 0.3) is 0 Å². The molecule has 0 radical (unpaired) electrons. The Morgan fingerprint density at radius 3 is 2.90 bits per heavy atom. The number of halogens is 1. The molecule has 0 saturated carbocycles. The molecule has 5 nitrogen and oxygen atoms in total. The number of likely N-dealkylation sites (N-methyl/N-ethyl adjacent to an activating group) is 1. The standard InChI is InChI=1S/C14H16ClN3O2/c1-10-6-13(17-20-10)16-14(19)9-18(2)8-11-4-3-5-12(15)7-11/h3-7H,8-9H2,1-2H3,(H,16,17,19). The summed E-state index contributed by atoms with van der Waals surface area (Å²) in [5, 5.41) is 7.09. The van der Waals surface area contributed by atoms with Crippen LogP contribution in [0.15, 0.2) is 34.9 Å². The lowest BCUT2D eigenvalue weighted by atomic mass is 10.2. The highest BCUT2D eigenvalue weighted by Crippen LogP contribution is 2.12. The first kappa shape index (κ1) is 14.6. The first-order valence-electron chi connectivity index (χ1n) is 6.19. The van der Waals surface area contributed by atoms with Crippen molar-refractivity contribution in [2.45, 2.75) is 13.5 Å². The Kier molecular flexibility index (Phi) is 4.76. The van der Waals surface area contributed by atoms with Crippen LogP contribution in [0.1, 0.15) is 11.3 Å². The van der Waals surface area contributed by atoms with E-state index in [1.54, 1.807) is 13.0 Å². The minimum Gasteiger partial charge on any atom is -0.360 e. The molecule has 1 aromatic carbocycles. The van der Waals surface area contributed by atoms with Crippen LogP contribution in [0.4, 0.5) is 5.82 Å². The number of hydrogen-bond donors (Lipinski definition) is 1. The summed E-state index contributed by atoms with van der Waals surface area (Å²) in [4.78, 5) is 13.7. The molecule has 0 unspecified atom stereocenters. The molecule has 1 heterocycles. The largest absolute Gasteiger partial charge is 0.360 e. The lowest BCUT2D eigenvalue weighted by Gasteiger charge is -2.15. The van der Waals surface area contributed by atoms with E-state index >= 15 is 0 Å². The van der Waals surface area contributed by atoms with Crippen molar-refractivity contribution in [1.82, 2.24) is 10.1 Å². The van der Waals surface area contributed by atoms with E-state index < -0.39 is 0 Å². The monoisotopic (exact) mass is 293 g/mol. The van der Waals surface area contributed by atoms with Crippen LogP contribution in [0.3, 0.4) is 0 Å². The molecule has 2 aromatic rings. The van der Waals surface area contributed by atoms with Gasteiger partial charge in [0.2, 0.25) is 5.91 Å². The molecule has 1 N–H and O–H groups in total. The molecule has 0 aliphatic heterocycles. The summed E-state index contributed by atoms with van der Waals surface area (Å²) in [6.45, 7) is 2.68. The molecule has 0 aliphatic rings. The number of anilines is 1. The van der Waals surface area contributed by atoms with Gasteiger partial charge in [0.15, 0.2) is 5.82 Å². The summed E-state index contributed by atoms with van der Waals surface area (Å²) in [6.07, 6.45) is 0. The highest BCUT2D eigenvalue weighted by Gasteiger charge is 2.09. The van der Waals surface area contributed by atoms with Gasteiger partial charge in [0.05, 0.1) is 6.54 Å². The molecule has 0 spiro atoms. The molecule has 20 heavy (non-hydrogen) atoms. The molecule has 0 fully saturated rings. The second-order valence-electron chi connectivity index (χ2n) is 4.67. The zero-order chi connectivity index (χ0) is 14.5. The molecule has 0 saturated heterocycles. The van der Waals surface area contributed by atoms with Crippen molar-refractivity contribution >= 4 is 23.3 Å². The lowest BCUT2D eigenvalue weighted by molar-refractivity contribution is -0.117. The minimum absolute atomic E-state index is 0.136. The van der Waals surface area contributed by atoms with Crippen molar-refractivity contribution in [2.75, 3.05) is 18.9 Å². The van der Waals surface area contributed by atoms with E-state index in [9.17, 15) is 4.79 Å². The van der Waals surface area contributed by atoms with Gasteiger partial charge in [-0.3, -0.25) is 9.69 Å². The van der Waals surface area contributed by atoms with Gasteiger partial charge >= 0.3 is 0 Å². The Labute approximate surface area is 122 Å². The van der Waals surface area contributed by atoms with E-state index in [0.29, 0.717) is 23.1 Å². The van der Waals surface area contributed by atoms with Crippen molar-refractivity contribution in [2.24, 2.45) is 0 Å². The van der Waals surface area contributed by atoms with Crippen molar-refractivity contribution in [3.8, 4) is 0 Å². The Hall–Kier alpha value is -1.85. The van der Waals surface area contributed by atoms with E-state index in [2.05, 4.69) is 10.5 Å². The maximum Gasteiger partial charge on any atom is 0.239 e. The second-order valence-corrected chi connectivity index (χ2v) is 5.11. The fraction of sp³-hybridized carbons (Fsp3) is 0.286. The molecule has 0 atom stereocenters. The highest BCUT2D eigenvalue weighted by atomic mass is 35.5. The average molecular weight is 294 g/mol. The molecular weight excluding hydrogens is 278 g/mol. The predicted molar refractivity (Wildman–Crippen MR) is 77.7 cm³/mol. The number of carbonyl (C=O) groups is 1. The van der Waals surface area contributed by atoms with Crippen molar-refractivity contribution in [1.29, 1.82) is 0 Å². The maximum atomic E-state index is 11.8. The smallest absolute Gasteiger partial charge is 0.239 e. The van der Waals surface area contributed by atoms with Gasteiger partial charge in [-0.1, -0.05) is 28.9 Å². The third kappa shape index (κ3) is 4.36. The molecule has 6 heteroatoms. The van der Waals surface area contributed by atoms with E-state index in [1.807, 2.05) is 36.2 Å². The molecule has 0 aliphatic carbocycles. The number of carbonyl (C=O) groups excluding carboxylic acids is 1. The van der Waals surface area contributed by atoms with Gasteiger partial charge < -0.3 is 9.84 Å². The van der Waals surface area contributed by atoms with E-state index in [4.69, 9.17) is 16.1 Å². The van der Waals surface area contributed by atoms with Gasteiger partial charge in [-0.25, -0.2) is 0 Å². The fourth-order valence-corrected chi connectivity index (χ4v) is 2.07. The number of aromatic nitrogens is 1. The quantitative estimate of drug-likeness (QED) is 0.921. The average Bonchev–Trinajstić information content (AvgIpc) is 2.74. The molecule has 2 rings (SSSR count). The van der Waals surface area contributed by atoms with Crippen molar-refractivity contribution < 1.29 is 9.32 Å². The van der Waals surface area contributed by atoms with Crippen LogP contribution in [0.5, 0.6) is 0 Å². The number of nitrogens with zero attached hydrogens (tertiary/aromatic N) is 2. The van der Waals surface area contributed by atoms with Crippen LogP contribution in [-0.2, 0) is 11.3 Å². The Morgan fingerprint density at radius 1 is 1.45 bits per heavy atom. The minimum atomic E-state index is -0.136. The lowest BCUT2D eigenvalue weighted by Crippen LogP contribution is -2.29. The molecule has 0 bridgehead atoms. The number of rotatable bonds is 5. The van der Waals surface area contributed by atoms with Gasteiger partial charge in [-0.15, -0.1) is 0 Å². The van der Waals surface area contributed by atoms with Crippen LogP contribution in [-0.4, -0.2) is 29.6 Å². The normalized spacial score (nSPS) is 10.8. The van der Waals surface area contributed by atoms with Gasteiger partial charge in [0, 0.05) is 17.6 Å². The summed E-state index contributed by atoms with van der Waals surface area (Å²) < 4.78 is 4.89. The van der Waals surface area contributed by atoms with Crippen LogP contribution in [0.25, 0.3) is 0 Å². The summed E-state index contributed by atoms with van der Waals surface area (Å²) >= 11 is 5.93. The molecule has 1 aromatic heterocycles. The first-order chi connectivity index (χ1) is 9.52. The van der Waals surface area contributed by atoms with Crippen LogP contribution < -0.4 is 5.32 Å².